The summed E-state index contributed by atoms with van der Waals surface area (Å²) in [5.74, 6) is 0.875. The molecule has 0 atom stereocenters. The molecule has 3 aromatic rings. The highest BCUT2D eigenvalue weighted by atomic mass is 16.5. The Balaban J connectivity index is 1.66. The van der Waals surface area contributed by atoms with Gasteiger partial charge >= 0.3 is 0 Å². The number of rotatable bonds is 7. The zero-order chi connectivity index (χ0) is 19.5. The van der Waals surface area contributed by atoms with Gasteiger partial charge in [0.1, 0.15) is 0 Å². The fraction of sp³-hybridized carbons (Fsp3) is 0.348. The van der Waals surface area contributed by atoms with Gasteiger partial charge in [-0.05, 0) is 67.5 Å². The van der Waals surface area contributed by atoms with Gasteiger partial charge in [-0.3, -0.25) is 10.7 Å². The number of anilines is 2. The van der Waals surface area contributed by atoms with Crippen molar-refractivity contribution in [3.63, 3.8) is 0 Å². The van der Waals surface area contributed by atoms with Crippen LogP contribution in [0.2, 0.25) is 0 Å². The van der Waals surface area contributed by atoms with Crippen molar-refractivity contribution < 1.29 is 5.21 Å². The molecule has 0 unspecified atom stereocenters. The second-order valence-corrected chi connectivity index (χ2v) is 7.41. The van der Waals surface area contributed by atoms with Crippen molar-refractivity contribution in [2.24, 2.45) is 0 Å². The molecule has 1 aliphatic rings. The number of fused-ring (bicyclic) bond motifs is 1. The van der Waals surface area contributed by atoms with E-state index in [0.29, 0.717) is 6.04 Å². The lowest BCUT2D eigenvalue weighted by atomic mass is 9.88. The number of nitrogens with one attached hydrogen (secondary N) is 2. The molecule has 1 aliphatic carbocycles. The van der Waals surface area contributed by atoms with Crippen LogP contribution in [0.4, 0.5) is 11.6 Å². The summed E-state index contributed by atoms with van der Waals surface area (Å²) in [6.07, 6.45) is 5.43. The van der Waals surface area contributed by atoms with E-state index in [1.54, 1.807) is 0 Å². The Bertz CT molecular complexity index is 978. The van der Waals surface area contributed by atoms with Gasteiger partial charge in [0.2, 0.25) is 5.95 Å². The number of hydroxylamine groups is 1. The third-order valence-corrected chi connectivity index (χ3v) is 5.76. The van der Waals surface area contributed by atoms with Gasteiger partial charge in [0.25, 0.3) is 0 Å². The highest BCUT2D eigenvalue weighted by molar-refractivity contribution is 5.80. The first kappa shape index (κ1) is 18.6. The summed E-state index contributed by atoms with van der Waals surface area (Å²) in [6.45, 7) is 4.44. The average Bonchev–Trinajstić information content (AvgIpc) is 3.04. The van der Waals surface area contributed by atoms with E-state index in [0.717, 1.165) is 59.6 Å². The molecule has 0 spiro atoms. The summed E-state index contributed by atoms with van der Waals surface area (Å²) in [5, 5.41) is 13.0. The Morgan fingerprint density at radius 2 is 1.79 bits per heavy atom. The summed E-state index contributed by atoms with van der Waals surface area (Å²) >= 11 is 0. The maximum Gasteiger partial charge on any atom is 0.208 e. The second kappa shape index (κ2) is 8.07. The Morgan fingerprint density at radius 3 is 2.39 bits per heavy atom. The van der Waals surface area contributed by atoms with E-state index in [1.807, 2.05) is 30.3 Å². The predicted octanol–water partition coefficient (Wildman–Crippen LogP) is 6.01. The van der Waals surface area contributed by atoms with Gasteiger partial charge in [-0.2, -0.15) is 0 Å². The van der Waals surface area contributed by atoms with Crippen LogP contribution in [0.3, 0.4) is 0 Å². The molecule has 4 rings (SSSR count). The van der Waals surface area contributed by atoms with Crippen LogP contribution >= 0.6 is 0 Å². The zero-order valence-electron chi connectivity index (χ0n) is 16.6. The number of imidazole rings is 1. The Hall–Kier alpha value is -2.79. The largest absolute Gasteiger partial charge is 0.326 e. The minimum Gasteiger partial charge on any atom is -0.326 e. The summed E-state index contributed by atoms with van der Waals surface area (Å²) in [7, 11) is 0. The molecule has 28 heavy (non-hydrogen) atoms. The highest BCUT2D eigenvalue weighted by Crippen LogP contribution is 2.33. The minimum atomic E-state index is 0.405. The number of aromatic nitrogens is 2. The Morgan fingerprint density at radius 1 is 1.07 bits per heavy atom. The smallest absolute Gasteiger partial charge is 0.208 e. The molecular weight excluding hydrogens is 348 g/mol. The standard InChI is InChI=1S/C23H28N4O/c1-3-19(4-2)27-21-11-6-5-10-20(21)25-23(27)24-18-14-12-17(13-15-18)22(26-28)16-8-7-9-16/h5-6,10-15,19,26,28H,3-4,7-9H2,1-2H3,(H,24,25). The van der Waals surface area contributed by atoms with Crippen molar-refractivity contribution in [3.05, 3.63) is 59.7 Å². The summed E-state index contributed by atoms with van der Waals surface area (Å²) in [6, 6.07) is 16.9. The molecule has 3 N–H and O–H groups in total. The third-order valence-electron chi connectivity index (χ3n) is 5.76. The maximum absolute atomic E-state index is 9.51. The summed E-state index contributed by atoms with van der Waals surface area (Å²) in [4.78, 5) is 4.84. The van der Waals surface area contributed by atoms with Gasteiger partial charge in [-0.25, -0.2) is 4.98 Å². The molecular formula is C23H28N4O. The van der Waals surface area contributed by atoms with Crippen molar-refractivity contribution >= 4 is 28.4 Å². The number of hydrogen-bond acceptors (Lipinski definition) is 4. The number of para-hydroxylation sites is 2. The van der Waals surface area contributed by atoms with Crippen LogP contribution in [0.5, 0.6) is 0 Å². The number of nitrogens with zero attached hydrogens (tertiary/aromatic N) is 2. The van der Waals surface area contributed by atoms with Crippen molar-refractivity contribution in [2.45, 2.75) is 52.0 Å². The van der Waals surface area contributed by atoms with E-state index < -0.39 is 0 Å². The quantitative estimate of drug-likeness (QED) is 0.442. The molecule has 5 heteroatoms. The van der Waals surface area contributed by atoms with E-state index in [4.69, 9.17) is 4.98 Å². The van der Waals surface area contributed by atoms with Crippen molar-refractivity contribution in [3.8, 4) is 0 Å². The molecule has 1 aromatic heterocycles. The first-order chi connectivity index (χ1) is 13.7. The van der Waals surface area contributed by atoms with Gasteiger partial charge in [-0.15, -0.1) is 0 Å². The molecule has 0 amide bonds. The fourth-order valence-corrected chi connectivity index (χ4v) is 3.96. The molecule has 2 aromatic carbocycles. The van der Waals surface area contributed by atoms with Crippen molar-refractivity contribution in [1.29, 1.82) is 0 Å². The lowest BCUT2D eigenvalue weighted by molar-refractivity contribution is 0.222. The SMILES string of the molecule is CCC(CC)n1c(Nc2ccc(C(NO)=C3CCC3)cc2)nc2ccccc21. The first-order valence-electron chi connectivity index (χ1n) is 10.2. The fourth-order valence-electron chi connectivity index (χ4n) is 3.96. The van der Waals surface area contributed by atoms with Crippen LogP contribution in [0.25, 0.3) is 16.7 Å². The van der Waals surface area contributed by atoms with Gasteiger partial charge in [0.15, 0.2) is 0 Å². The Kier molecular flexibility index (Phi) is 5.35. The molecule has 146 valence electrons. The molecule has 5 nitrogen and oxygen atoms in total. The summed E-state index contributed by atoms with van der Waals surface area (Å²) < 4.78 is 2.32. The molecule has 1 fully saturated rings. The molecule has 0 aliphatic heterocycles. The number of hydrogen-bond donors (Lipinski definition) is 3. The zero-order valence-corrected chi connectivity index (χ0v) is 16.6. The average molecular weight is 377 g/mol. The lowest BCUT2D eigenvalue weighted by Gasteiger charge is -2.22. The Labute approximate surface area is 166 Å². The van der Waals surface area contributed by atoms with Crippen LogP contribution < -0.4 is 10.8 Å². The van der Waals surface area contributed by atoms with Crippen LogP contribution in [0, 0.1) is 0 Å². The number of benzene rings is 2. The van der Waals surface area contributed by atoms with Crippen LogP contribution in [0.15, 0.2) is 54.1 Å². The topological polar surface area (TPSA) is 62.1 Å². The van der Waals surface area contributed by atoms with Crippen LogP contribution in [-0.4, -0.2) is 14.8 Å². The van der Waals surface area contributed by atoms with Crippen molar-refractivity contribution in [1.82, 2.24) is 15.0 Å². The van der Waals surface area contributed by atoms with E-state index in [1.165, 1.54) is 12.0 Å². The summed E-state index contributed by atoms with van der Waals surface area (Å²) in [5.41, 5.74) is 8.70. The van der Waals surface area contributed by atoms with Gasteiger partial charge < -0.3 is 9.88 Å². The predicted molar refractivity (Wildman–Crippen MR) is 115 cm³/mol. The number of allylic oxidation sites excluding steroid dienone is 1. The first-order valence-corrected chi connectivity index (χ1v) is 10.2. The lowest BCUT2D eigenvalue weighted by Crippen LogP contribution is -2.13. The maximum atomic E-state index is 9.51. The molecule has 0 bridgehead atoms. The van der Waals surface area contributed by atoms with Crippen LogP contribution in [0.1, 0.15) is 57.6 Å². The van der Waals surface area contributed by atoms with E-state index >= 15 is 0 Å². The normalized spacial score (nSPS) is 13.6. The van der Waals surface area contributed by atoms with Gasteiger partial charge in [-0.1, -0.05) is 38.1 Å². The third kappa shape index (κ3) is 3.38. The van der Waals surface area contributed by atoms with Gasteiger partial charge in [0, 0.05) is 11.7 Å². The highest BCUT2D eigenvalue weighted by Gasteiger charge is 2.18. The minimum absolute atomic E-state index is 0.405. The van der Waals surface area contributed by atoms with Crippen molar-refractivity contribution in [2.75, 3.05) is 5.32 Å². The van der Waals surface area contributed by atoms with Crippen LogP contribution in [-0.2, 0) is 0 Å². The molecule has 1 heterocycles. The van der Waals surface area contributed by atoms with E-state index in [2.05, 4.69) is 47.4 Å². The van der Waals surface area contributed by atoms with E-state index in [9.17, 15) is 5.21 Å². The molecule has 0 saturated heterocycles. The molecule has 0 radical (unpaired) electrons. The molecule has 1 saturated carbocycles. The van der Waals surface area contributed by atoms with Gasteiger partial charge in [0.05, 0.1) is 16.7 Å². The second-order valence-electron chi connectivity index (χ2n) is 7.41. The van der Waals surface area contributed by atoms with E-state index in [-0.39, 0.29) is 0 Å². The monoisotopic (exact) mass is 376 g/mol.